The third-order valence-corrected chi connectivity index (χ3v) is 3.34. The molecule has 0 unspecified atom stereocenters. The number of halogens is 1. The Hall–Kier alpha value is -2.54. The lowest BCUT2D eigenvalue weighted by Crippen LogP contribution is -1.82. The Kier molecular flexibility index (Phi) is 3.26. The summed E-state index contributed by atoms with van der Waals surface area (Å²) in [5.41, 5.74) is 0.886. The molecule has 0 saturated heterocycles. The first-order valence-corrected chi connectivity index (χ1v) is 6.69. The number of hydrogen-bond donors (Lipinski definition) is 3. The molecule has 3 N–H and O–H groups in total. The van der Waals surface area contributed by atoms with Gasteiger partial charge in [-0.1, -0.05) is 21.1 Å². The van der Waals surface area contributed by atoms with E-state index in [-0.39, 0.29) is 29.0 Å². The predicted octanol–water partition coefficient (Wildman–Crippen LogP) is 3.28. The van der Waals surface area contributed by atoms with E-state index in [4.69, 9.17) is 4.52 Å². The molecule has 0 radical (unpaired) electrons. The molecule has 1 heterocycles. The van der Waals surface area contributed by atoms with Crippen LogP contribution in [0.15, 0.2) is 45.4 Å². The van der Waals surface area contributed by atoms with E-state index in [2.05, 4.69) is 26.1 Å². The molecule has 0 spiro atoms. The molecule has 0 saturated carbocycles. The quantitative estimate of drug-likeness (QED) is 0.614. The van der Waals surface area contributed by atoms with Gasteiger partial charge in [-0.05, 0) is 36.4 Å². The summed E-state index contributed by atoms with van der Waals surface area (Å²) in [6.07, 6.45) is 0. The summed E-state index contributed by atoms with van der Waals surface area (Å²) in [7, 11) is 0. The molecule has 0 bridgehead atoms. The number of hydrogen-bond acceptors (Lipinski definition) is 6. The lowest BCUT2D eigenvalue weighted by atomic mass is 10.2. The number of phenols is 3. The number of rotatable bonds is 2. The lowest BCUT2D eigenvalue weighted by molar-refractivity contribution is 0.403. The van der Waals surface area contributed by atoms with Crippen LogP contribution in [0.4, 0.5) is 0 Å². The second kappa shape index (κ2) is 5.10. The Morgan fingerprint density at radius 1 is 0.905 bits per heavy atom. The van der Waals surface area contributed by atoms with Crippen LogP contribution >= 0.6 is 15.9 Å². The fourth-order valence-corrected chi connectivity index (χ4v) is 2.15. The molecule has 0 atom stereocenters. The molecule has 7 heteroatoms. The highest BCUT2D eigenvalue weighted by atomic mass is 79.9. The van der Waals surface area contributed by atoms with E-state index in [0.29, 0.717) is 11.1 Å². The van der Waals surface area contributed by atoms with Crippen LogP contribution in [-0.2, 0) is 0 Å². The van der Waals surface area contributed by atoms with Gasteiger partial charge >= 0.3 is 0 Å². The fourth-order valence-electron chi connectivity index (χ4n) is 1.80. The monoisotopic (exact) mass is 348 g/mol. The summed E-state index contributed by atoms with van der Waals surface area (Å²) in [6.45, 7) is 0. The molecule has 0 aliphatic rings. The van der Waals surface area contributed by atoms with Gasteiger partial charge in [0.2, 0.25) is 5.82 Å². The molecule has 106 valence electrons. The fraction of sp³-hybridized carbons (Fsp3) is 0. The van der Waals surface area contributed by atoms with E-state index in [9.17, 15) is 15.3 Å². The minimum Gasteiger partial charge on any atom is -0.507 e. The van der Waals surface area contributed by atoms with E-state index in [1.807, 2.05) is 0 Å². The summed E-state index contributed by atoms with van der Waals surface area (Å²) in [4.78, 5) is 4.17. The maximum Gasteiger partial charge on any atom is 0.261 e. The van der Waals surface area contributed by atoms with Crippen molar-refractivity contribution in [2.24, 2.45) is 0 Å². The zero-order valence-corrected chi connectivity index (χ0v) is 12.1. The first-order chi connectivity index (χ1) is 10.0. The van der Waals surface area contributed by atoms with Gasteiger partial charge in [-0.2, -0.15) is 4.98 Å². The standard InChI is InChI=1S/C14H9BrN2O4/c15-8-2-3-9(11(19)6-8)14-16-13(17-21-14)7-1-4-10(18)12(20)5-7/h1-6,18-20H. The van der Waals surface area contributed by atoms with Crippen LogP contribution in [0.3, 0.4) is 0 Å². The van der Waals surface area contributed by atoms with E-state index in [0.717, 1.165) is 4.47 Å². The maximum atomic E-state index is 9.87. The van der Waals surface area contributed by atoms with Crippen molar-refractivity contribution in [1.82, 2.24) is 10.1 Å². The van der Waals surface area contributed by atoms with E-state index in [1.165, 1.54) is 18.2 Å². The molecular formula is C14H9BrN2O4. The molecule has 0 amide bonds. The first-order valence-electron chi connectivity index (χ1n) is 5.89. The van der Waals surface area contributed by atoms with Gasteiger partial charge in [0, 0.05) is 10.0 Å². The molecule has 0 aliphatic heterocycles. The van der Waals surface area contributed by atoms with Crippen LogP contribution in [0.1, 0.15) is 0 Å². The zero-order valence-electron chi connectivity index (χ0n) is 10.5. The Morgan fingerprint density at radius 3 is 2.43 bits per heavy atom. The van der Waals surface area contributed by atoms with Crippen molar-refractivity contribution in [3.63, 3.8) is 0 Å². The molecule has 6 nitrogen and oxygen atoms in total. The summed E-state index contributed by atoms with van der Waals surface area (Å²) < 4.78 is 5.84. The summed E-state index contributed by atoms with van der Waals surface area (Å²) in [5, 5.41) is 32.4. The van der Waals surface area contributed by atoms with Gasteiger partial charge in [-0.3, -0.25) is 0 Å². The number of nitrogens with zero attached hydrogens (tertiary/aromatic N) is 2. The topological polar surface area (TPSA) is 99.6 Å². The van der Waals surface area contributed by atoms with Gasteiger partial charge in [-0.15, -0.1) is 0 Å². The Morgan fingerprint density at radius 2 is 1.71 bits per heavy atom. The predicted molar refractivity (Wildman–Crippen MR) is 77.9 cm³/mol. The van der Waals surface area contributed by atoms with E-state index >= 15 is 0 Å². The largest absolute Gasteiger partial charge is 0.507 e. The first kappa shape index (κ1) is 13.4. The molecule has 21 heavy (non-hydrogen) atoms. The Bertz CT molecular complexity index is 816. The van der Waals surface area contributed by atoms with E-state index < -0.39 is 0 Å². The van der Waals surface area contributed by atoms with Gasteiger partial charge in [0.1, 0.15) is 5.75 Å². The number of aromatic hydroxyl groups is 3. The van der Waals surface area contributed by atoms with Crippen molar-refractivity contribution < 1.29 is 19.8 Å². The van der Waals surface area contributed by atoms with E-state index in [1.54, 1.807) is 18.2 Å². The smallest absolute Gasteiger partial charge is 0.261 e. The van der Waals surface area contributed by atoms with Crippen molar-refractivity contribution in [2.45, 2.75) is 0 Å². The molecule has 0 aliphatic carbocycles. The normalized spacial score (nSPS) is 10.7. The summed E-state index contributed by atoms with van der Waals surface area (Å²) in [6, 6.07) is 9.11. The number of benzene rings is 2. The van der Waals surface area contributed by atoms with Crippen molar-refractivity contribution in [2.75, 3.05) is 0 Å². The minimum atomic E-state index is -0.273. The zero-order chi connectivity index (χ0) is 15.0. The minimum absolute atomic E-state index is 0.00753. The average Bonchev–Trinajstić information content (AvgIpc) is 2.91. The molecule has 0 fully saturated rings. The highest BCUT2D eigenvalue weighted by Gasteiger charge is 2.15. The van der Waals surface area contributed by atoms with Gasteiger partial charge in [-0.25, -0.2) is 0 Å². The van der Waals surface area contributed by atoms with Crippen molar-refractivity contribution in [3.05, 3.63) is 40.9 Å². The molecule has 2 aromatic carbocycles. The lowest BCUT2D eigenvalue weighted by Gasteiger charge is -1.99. The molecule has 3 aromatic rings. The van der Waals surface area contributed by atoms with Gasteiger partial charge in [0.15, 0.2) is 11.5 Å². The second-order valence-electron chi connectivity index (χ2n) is 4.29. The Labute approximate surface area is 127 Å². The maximum absolute atomic E-state index is 9.87. The summed E-state index contributed by atoms with van der Waals surface area (Å²) in [5.74, 6) is -0.100. The van der Waals surface area contributed by atoms with Gasteiger partial charge in [0.05, 0.1) is 5.56 Å². The van der Waals surface area contributed by atoms with Crippen LogP contribution < -0.4 is 0 Å². The van der Waals surface area contributed by atoms with Crippen LogP contribution in [0, 0.1) is 0 Å². The SMILES string of the molecule is Oc1ccc(-c2noc(-c3ccc(Br)cc3O)n2)cc1O. The highest BCUT2D eigenvalue weighted by Crippen LogP contribution is 2.33. The third-order valence-electron chi connectivity index (χ3n) is 2.85. The van der Waals surface area contributed by atoms with Crippen LogP contribution in [-0.4, -0.2) is 25.5 Å². The highest BCUT2D eigenvalue weighted by molar-refractivity contribution is 9.10. The average molecular weight is 349 g/mol. The second-order valence-corrected chi connectivity index (χ2v) is 5.20. The van der Waals surface area contributed by atoms with Crippen molar-refractivity contribution in [1.29, 1.82) is 0 Å². The number of aromatic nitrogens is 2. The van der Waals surface area contributed by atoms with Gasteiger partial charge in [0.25, 0.3) is 5.89 Å². The summed E-state index contributed by atoms with van der Waals surface area (Å²) >= 11 is 3.25. The van der Waals surface area contributed by atoms with Crippen LogP contribution in [0.25, 0.3) is 22.8 Å². The van der Waals surface area contributed by atoms with Gasteiger partial charge < -0.3 is 19.8 Å². The van der Waals surface area contributed by atoms with Crippen molar-refractivity contribution in [3.8, 4) is 40.1 Å². The molecule has 3 rings (SSSR count). The number of phenolic OH excluding ortho intramolecular Hbond substituents is 3. The molecule has 1 aromatic heterocycles. The molecular weight excluding hydrogens is 340 g/mol. The third kappa shape index (κ3) is 2.55. The Balaban J connectivity index is 2.01. The van der Waals surface area contributed by atoms with Crippen molar-refractivity contribution >= 4 is 15.9 Å². The van der Waals surface area contributed by atoms with Crippen LogP contribution in [0.5, 0.6) is 17.2 Å². The van der Waals surface area contributed by atoms with Crippen LogP contribution in [0.2, 0.25) is 0 Å².